The molecular weight excluding hydrogens is 251 g/mol. The van der Waals surface area contributed by atoms with Gasteiger partial charge in [0.1, 0.15) is 5.82 Å². The van der Waals surface area contributed by atoms with Crippen LogP contribution in [0.3, 0.4) is 0 Å². The highest BCUT2D eigenvalue weighted by atomic mass is 35.5. The minimum atomic E-state index is -0.370. The lowest BCUT2D eigenvalue weighted by molar-refractivity contribution is 0.623. The maximum absolute atomic E-state index is 13.3. The fourth-order valence-corrected chi connectivity index (χ4v) is 2.03. The van der Waals surface area contributed by atoms with Gasteiger partial charge in [-0.2, -0.15) is 0 Å². The highest BCUT2D eigenvalue weighted by molar-refractivity contribution is 6.31. The van der Waals surface area contributed by atoms with Crippen LogP contribution in [0, 0.1) is 5.82 Å². The van der Waals surface area contributed by atoms with Crippen LogP contribution in [0.25, 0.3) is 0 Å². The van der Waals surface area contributed by atoms with Crippen LogP contribution in [-0.4, -0.2) is 11.6 Å². The molecule has 0 radical (unpaired) electrons. The number of hydrogen-bond donors (Lipinski definition) is 1. The molecule has 1 atom stereocenters. The molecule has 1 aromatic carbocycles. The average molecular weight is 267 g/mol. The van der Waals surface area contributed by atoms with Crippen molar-refractivity contribution in [3.05, 3.63) is 58.6 Å². The van der Waals surface area contributed by atoms with E-state index in [-0.39, 0.29) is 10.8 Å². The second-order valence-corrected chi connectivity index (χ2v) is 4.72. The second kappa shape index (κ2) is 5.55. The van der Waals surface area contributed by atoms with E-state index in [4.69, 9.17) is 11.6 Å². The molecule has 0 saturated heterocycles. The topological polar surface area (TPSA) is 17.0 Å². The summed E-state index contributed by atoms with van der Waals surface area (Å²) in [5.41, 5.74) is 1.99. The van der Waals surface area contributed by atoms with Gasteiger partial charge < -0.3 is 9.88 Å². The van der Waals surface area contributed by atoms with E-state index in [2.05, 4.69) is 12.2 Å². The van der Waals surface area contributed by atoms with Crippen molar-refractivity contribution in [2.24, 2.45) is 0 Å². The minimum Gasteiger partial charge on any atom is -0.350 e. The van der Waals surface area contributed by atoms with E-state index in [9.17, 15) is 4.39 Å². The molecule has 4 heteroatoms. The summed E-state index contributed by atoms with van der Waals surface area (Å²) in [6, 6.07) is 7.24. The Morgan fingerprint density at radius 2 is 2.17 bits per heavy atom. The van der Waals surface area contributed by atoms with Crippen LogP contribution >= 0.6 is 11.6 Å². The van der Waals surface area contributed by atoms with Crippen LogP contribution in [-0.2, 0) is 6.54 Å². The van der Waals surface area contributed by atoms with Gasteiger partial charge in [0.15, 0.2) is 0 Å². The first kappa shape index (κ1) is 13.1. The lowest BCUT2D eigenvalue weighted by atomic mass is 10.2. The molecule has 1 heterocycles. The minimum absolute atomic E-state index is 0.203. The van der Waals surface area contributed by atoms with Gasteiger partial charge in [-0.1, -0.05) is 23.7 Å². The maximum atomic E-state index is 13.3. The summed E-state index contributed by atoms with van der Waals surface area (Å²) >= 11 is 5.94. The van der Waals surface area contributed by atoms with Gasteiger partial charge in [0.25, 0.3) is 0 Å². The summed E-state index contributed by atoms with van der Waals surface area (Å²) in [5, 5.41) is 3.38. The number of aromatic nitrogens is 1. The first-order chi connectivity index (χ1) is 8.61. The van der Waals surface area contributed by atoms with Crippen LogP contribution in [0.5, 0.6) is 0 Å². The molecule has 2 rings (SSSR count). The molecule has 1 N–H and O–H groups in total. The van der Waals surface area contributed by atoms with Crippen LogP contribution in [0.4, 0.5) is 4.39 Å². The molecule has 0 saturated carbocycles. The zero-order chi connectivity index (χ0) is 13.1. The molecule has 18 heavy (non-hydrogen) atoms. The molecule has 0 aliphatic heterocycles. The monoisotopic (exact) mass is 266 g/mol. The molecule has 1 aromatic heterocycles. The lowest BCUT2D eigenvalue weighted by Crippen LogP contribution is -2.11. The Morgan fingerprint density at radius 1 is 1.39 bits per heavy atom. The Hall–Kier alpha value is -1.32. The van der Waals surface area contributed by atoms with Crippen molar-refractivity contribution >= 4 is 11.6 Å². The maximum Gasteiger partial charge on any atom is 0.142 e. The highest BCUT2D eigenvalue weighted by Gasteiger charge is 2.08. The number of nitrogens with zero attached hydrogens (tertiary/aromatic N) is 1. The van der Waals surface area contributed by atoms with Crippen molar-refractivity contribution in [1.29, 1.82) is 0 Å². The average Bonchev–Trinajstić information content (AvgIpc) is 2.82. The Kier molecular flexibility index (Phi) is 4.04. The van der Waals surface area contributed by atoms with Crippen molar-refractivity contribution in [2.45, 2.75) is 19.5 Å². The van der Waals surface area contributed by atoms with Gasteiger partial charge in [0.2, 0.25) is 0 Å². The molecule has 0 fully saturated rings. The molecular formula is C14H16ClFN2. The van der Waals surface area contributed by atoms with E-state index in [1.165, 1.54) is 11.6 Å². The lowest BCUT2D eigenvalue weighted by Gasteiger charge is -2.08. The highest BCUT2D eigenvalue weighted by Crippen LogP contribution is 2.21. The number of nitrogens with one attached hydrogen (secondary N) is 1. The zero-order valence-corrected chi connectivity index (χ0v) is 11.2. The number of rotatable bonds is 4. The van der Waals surface area contributed by atoms with Gasteiger partial charge >= 0.3 is 0 Å². The molecule has 0 amide bonds. The Labute approximate surface area is 111 Å². The largest absolute Gasteiger partial charge is 0.350 e. The summed E-state index contributed by atoms with van der Waals surface area (Å²) in [5.74, 6) is -0.370. The summed E-state index contributed by atoms with van der Waals surface area (Å²) < 4.78 is 15.3. The van der Waals surface area contributed by atoms with E-state index in [0.717, 1.165) is 5.56 Å². The van der Waals surface area contributed by atoms with Gasteiger partial charge in [0, 0.05) is 25.0 Å². The van der Waals surface area contributed by atoms with Crippen LogP contribution < -0.4 is 5.32 Å². The predicted octanol–water partition coefficient (Wildman–Crippen LogP) is 3.61. The fourth-order valence-electron chi connectivity index (χ4n) is 1.85. The van der Waals surface area contributed by atoms with Crippen LogP contribution in [0.1, 0.15) is 24.1 Å². The third kappa shape index (κ3) is 2.74. The molecule has 0 aliphatic rings. The molecule has 96 valence electrons. The molecule has 2 nitrogen and oxygen atoms in total. The standard InChI is InChI=1S/C14H16ClFN2/c1-10(17-2)11-6-7-18(8-11)9-12-4-3-5-13(16)14(12)15/h3-8,10,17H,9H2,1-2H3. The second-order valence-electron chi connectivity index (χ2n) is 4.34. The van der Waals surface area contributed by atoms with Gasteiger partial charge in [-0.15, -0.1) is 0 Å². The fraction of sp³-hybridized carbons (Fsp3) is 0.286. The number of benzene rings is 1. The summed E-state index contributed by atoms with van der Waals surface area (Å²) in [4.78, 5) is 0. The SMILES string of the molecule is CNC(C)c1ccn(Cc2cccc(F)c2Cl)c1. The van der Waals surface area contributed by atoms with Crippen molar-refractivity contribution in [3.8, 4) is 0 Å². The van der Waals surface area contributed by atoms with Gasteiger partial charge in [-0.05, 0) is 37.2 Å². The quantitative estimate of drug-likeness (QED) is 0.895. The van der Waals surface area contributed by atoms with Gasteiger partial charge in [0.05, 0.1) is 5.02 Å². The third-order valence-corrected chi connectivity index (χ3v) is 3.51. The van der Waals surface area contributed by atoms with Crippen LogP contribution in [0.15, 0.2) is 36.7 Å². The first-order valence-electron chi connectivity index (χ1n) is 5.87. The third-order valence-electron chi connectivity index (χ3n) is 3.09. The molecule has 2 aromatic rings. The summed E-state index contributed by atoms with van der Waals surface area (Å²) in [7, 11) is 1.92. The Balaban J connectivity index is 2.19. The van der Waals surface area contributed by atoms with Crippen molar-refractivity contribution < 1.29 is 4.39 Å². The van der Waals surface area contributed by atoms with Crippen molar-refractivity contribution in [1.82, 2.24) is 9.88 Å². The molecule has 0 bridgehead atoms. The first-order valence-corrected chi connectivity index (χ1v) is 6.25. The van der Waals surface area contributed by atoms with E-state index in [1.807, 2.05) is 36.1 Å². The molecule has 0 aliphatic carbocycles. The van der Waals surface area contributed by atoms with Gasteiger partial charge in [-0.25, -0.2) is 4.39 Å². The van der Waals surface area contributed by atoms with Crippen molar-refractivity contribution in [3.63, 3.8) is 0 Å². The Bertz CT molecular complexity index is 536. The zero-order valence-electron chi connectivity index (χ0n) is 10.5. The molecule has 1 unspecified atom stereocenters. The van der Waals surface area contributed by atoms with E-state index in [0.29, 0.717) is 12.6 Å². The number of halogens is 2. The smallest absolute Gasteiger partial charge is 0.142 e. The van der Waals surface area contributed by atoms with E-state index >= 15 is 0 Å². The molecule has 0 spiro atoms. The normalized spacial score (nSPS) is 12.7. The van der Waals surface area contributed by atoms with E-state index in [1.54, 1.807) is 6.07 Å². The predicted molar refractivity (Wildman–Crippen MR) is 72.4 cm³/mol. The van der Waals surface area contributed by atoms with Crippen LogP contribution in [0.2, 0.25) is 5.02 Å². The van der Waals surface area contributed by atoms with E-state index < -0.39 is 0 Å². The Morgan fingerprint density at radius 3 is 2.89 bits per heavy atom. The number of hydrogen-bond acceptors (Lipinski definition) is 1. The summed E-state index contributed by atoms with van der Waals surface area (Å²) in [6.07, 6.45) is 4.02. The summed E-state index contributed by atoms with van der Waals surface area (Å²) in [6.45, 7) is 2.67. The van der Waals surface area contributed by atoms with Crippen molar-refractivity contribution in [2.75, 3.05) is 7.05 Å². The van der Waals surface area contributed by atoms with Gasteiger partial charge in [-0.3, -0.25) is 0 Å².